The summed E-state index contributed by atoms with van der Waals surface area (Å²) in [6.07, 6.45) is 10.3. The zero-order valence-electron chi connectivity index (χ0n) is 8.94. The normalized spacial score (nSPS) is 37.6. The fourth-order valence-electron chi connectivity index (χ4n) is 3.23. The summed E-state index contributed by atoms with van der Waals surface area (Å²) >= 11 is 0. The van der Waals surface area contributed by atoms with Gasteiger partial charge in [-0.3, -0.25) is 0 Å². The van der Waals surface area contributed by atoms with Crippen LogP contribution < -0.4 is 5.32 Å². The summed E-state index contributed by atoms with van der Waals surface area (Å²) in [6, 6.07) is 0. The Morgan fingerprint density at radius 1 is 1.08 bits per heavy atom. The molecule has 0 amide bonds. The second kappa shape index (κ2) is 4.00. The lowest BCUT2D eigenvalue weighted by molar-refractivity contribution is 0.102. The van der Waals surface area contributed by atoms with Gasteiger partial charge in [0, 0.05) is 6.54 Å². The van der Waals surface area contributed by atoms with E-state index in [1.165, 1.54) is 58.0 Å². The number of piperidine rings is 1. The third-order valence-electron chi connectivity index (χ3n) is 4.22. The fraction of sp³-hybridized carbons (Fsp3) is 1.00. The Balaban J connectivity index is 1.94. The number of nitrogens with one attached hydrogen (secondary N) is 1. The molecule has 2 aliphatic rings. The van der Waals surface area contributed by atoms with Crippen LogP contribution in [0, 0.1) is 11.3 Å². The van der Waals surface area contributed by atoms with Crippen molar-refractivity contribution in [1.29, 1.82) is 0 Å². The standard InChI is InChI=1S/C12H23N/c1-12(8-5-9-13-10-12)11-6-3-2-4-7-11/h11,13H,2-10H2,1H3. The van der Waals surface area contributed by atoms with E-state index in [2.05, 4.69) is 12.2 Å². The van der Waals surface area contributed by atoms with Crippen molar-refractivity contribution in [3.05, 3.63) is 0 Å². The van der Waals surface area contributed by atoms with Gasteiger partial charge in [-0.25, -0.2) is 0 Å². The Morgan fingerprint density at radius 3 is 2.46 bits per heavy atom. The van der Waals surface area contributed by atoms with E-state index < -0.39 is 0 Å². The lowest BCUT2D eigenvalue weighted by atomic mass is 9.66. The molecule has 76 valence electrons. The van der Waals surface area contributed by atoms with Crippen LogP contribution in [0.5, 0.6) is 0 Å². The maximum atomic E-state index is 3.57. The first kappa shape index (κ1) is 9.51. The average molecular weight is 181 g/mol. The Hall–Kier alpha value is -0.0400. The maximum absolute atomic E-state index is 3.57. The number of hydrogen-bond donors (Lipinski definition) is 1. The molecule has 1 heterocycles. The first-order valence-electron chi connectivity index (χ1n) is 6.02. The van der Waals surface area contributed by atoms with Gasteiger partial charge in [-0.2, -0.15) is 0 Å². The predicted molar refractivity (Wildman–Crippen MR) is 56.8 cm³/mol. The predicted octanol–water partition coefficient (Wildman–Crippen LogP) is 2.96. The Kier molecular flexibility index (Phi) is 2.92. The van der Waals surface area contributed by atoms with Gasteiger partial charge < -0.3 is 5.32 Å². The fourth-order valence-corrected chi connectivity index (χ4v) is 3.23. The van der Waals surface area contributed by atoms with Gasteiger partial charge in [0.1, 0.15) is 0 Å². The van der Waals surface area contributed by atoms with E-state index >= 15 is 0 Å². The molecular weight excluding hydrogens is 158 g/mol. The van der Waals surface area contributed by atoms with E-state index in [1.807, 2.05) is 0 Å². The Labute approximate surface area is 82.3 Å². The highest BCUT2D eigenvalue weighted by Gasteiger charge is 2.35. The van der Waals surface area contributed by atoms with E-state index in [0.717, 1.165) is 5.92 Å². The molecule has 0 radical (unpaired) electrons. The van der Waals surface area contributed by atoms with Crippen molar-refractivity contribution >= 4 is 0 Å². The monoisotopic (exact) mass is 181 g/mol. The van der Waals surface area contributed by atoms with Crippen molar-refractivity contribution < 1.29 is 0 Å². The molecule has 1 N–H and O–H groups in total. The van der Waals surface area contributed by atoms with Crippen LogP contribution in [0.2, 0.25) is 0 Å². The molecule has 13 heavy (non-hydrogen) atoms. The largest absolute Gasteiger partial charge is 0.316 e. The lowest BCUT2D eigenvalue weighted by Crippen LogP contribution is -2.43. The summed E-state index contributed by atoms with van der Waals surface area (Å²) in [5.41, 5.74) is 0.638. The minimum atomic E-state index is 0.638. The van der Waals surface area contributed by atoms with Crippen LogP contribution in [0.3, 0.4) is 0 Å². The van der Waals surface area contributed by atoms with Gasteiger partial charge in [-0.1, -0.05) is 26.2 Å². The van der Waals surface area contributed by atoms with E-state index in [9.17, 15) is 0 Å². The van der Waals surface area contributed by atoms with Crippen LogP contribution in [-0.2, 0) is 0 Å². The van der Waals surface area contributed by atoms with Crippen LogP contribution in [-0.4, -0.2) is 13.1 Å². The number of hydrogen-bond acceptors (Lipinski definition) is 1. The minimum absolute atomic E-state index is 0.638. The summed E-state index contributed by atoms with van der Waals surface area (Å²) in [7, 11) is 0. The second-order valence-corrected chi connectivity index (χ2v) is 5.27. The molecule has 0 spiro atoms. The van der Waals surface area contributed by atoms with Crippen LogP contribution in [0.1, 0.15) is 51.9 Å². The van der Waals surface area contributed by atoms with Crippen molar-refractivity contribution in [2.45, 2.75) is 51.9 Å². The zero-order valence-corrected chi connectivity index (χ0v) is 8.94. The van der Waals surface area contributed by atoms with E-state index in [4.69, 9.17) is 0 Å². The summed E-state index contributed by atoms with van der Waals surface area (Å²) in [4.78, 5) is 0. The van der Waals surface area contributed by atoms with Gasteiger partial charge >= 0.3 is 0 Å². The molecule has 1 saturated heterocycles. The molecule has 2 rings (SSSR count). The number of rotatable bonds is 1. The van der Waals surface area contributed by atoms with Crippen molar-refractivity contribution in [3.8, 4) is 0 Å². The Morgan fingerprint density at radius 2 is 1.85 bits per heavy atom. The quantitative estimate of drug-likeness (QED) is 0.656. The molecule has 0 aromatic rings. The van der Waals surface area contributed by atoms with Gasteiger partial charge in [0.05, 0.1) is 0 Å². The van der Waals surface area contributed by atoms with Crippen molar-refractivity contribution in [2.75, 3.05) is 13.1 Å². The molecular formula is C12H23N. The van der Waals surface area contributed by atoms with Gasteiger partial charge in [0.15, 0.2) is 0 Å². The molecule has 0 bridgehead atoms. The molecule has 1 heteroatoms. The van der Waals surface area contributed by atoms with Crippen molar-refractivity contribution in [3.63, 3.8) is 0 Å². The highest BCUT2D eigenvalue weighted by Crippen LogP contribution is 2.42. The van der Waals surface area contributed by atoms with Gasteiger partial charge in [-0.15, -0.1) is 0 Å². The average Bonchev–Trinajstić information content (AvgIpc) is 2.20. The summed E-state index contributed by atoms with van der Waals surface area (Å²) in [5.74, 6) is 1.02. The Bertz CT molecular complexity index is 153. The molecule has 0 aromatic heterocycles. The third kappa shape index (κ3) is 2.07. The van der Waals surface area contributed by atoms with Crippen molar-refractivity contribution in [1.82, 2.24) is 5.32 Å². The topological polar surface area (TPSA) is 12.0 Å². The summed E-state index contributed by atoms with van der Waals surface area (Å²) in [6.45, 7) is 5.04. The summed E-state index contributed by atoms with van der Waals surface area (Å²) < 4.78 is 0. The minimum Gasteiger partial charge on any atom is -0.316 e. The maximum Gasteiger partial charge on any atom is 0.000782 e. The highest BCUT2D eigenvalue weighted by atomic mass is 14.9. The SMILES string of the molecule is CC1(C2CCCCC2)CCCNC1. The molecule has 0 aromatic carbocycles. The molecule has 1 saturated carbocycles. The van der Waals surface area contributed by atoms with Gasteiger partial charge in [0.25, 0.3) is 0 Å². The molecule has 1 aliphatic heterocycles. The smallest absolute Gasteiger partial charge is 0.000782 e. The van der Waals surface area contributed by atoms with Crippen LogP contribution >= 0.6 is 0 Å². The zero-order chi connectivity index (χ0) is 9.15. The van der Waals surface area contributed by atoms with Crippen LogP contribution in [0.25, 0.3) is 0 Å². The third-order valence-corrected chi connectivity index (χ3v) is 4.22. The lowest BCUT2D eigenvalue weighted by Gasteiger charge is -2.43. The van der Waals surface area contributed by atoms with Gasteiger partial charge in [-0.05, 0) is 43.6 Å². The van der Waals surface area contributed by atoms with Crippen LogP contribution in [0.15, 0.2) is 0 Å². The first-order valence-corrected chi connectivity index (χ1v) is 6.02. The molecule has 1 atom stereocenters. The van der Waals surface area contributed by atoms with E-state index in [0.29, 0.717) is 5.41 Å². The molecule has 1 aliphatic carbocycles. The van der Waals surface area contributed by atoms with E-state index in [-0.39, 0.29) is 0 Å². The highest BCUT2D eigenvalue weighted by molar-refractivity contribution is 4.88. The second-order valence-electron chi connectivity index (χ2n) is 5.27. The summed E-state index contributed by atoms with van der Waals surface area (Å²) in [5, 5.41) is 3.57. The van der Waals surface area contributed by atoms with E-state index in [1.54, 1.807) is 0 Å². The molecule has 1 unspecified atom stereocenters. The van der Waals surface area contributed by atoms with Gasteiger partial charge in [0.2, 0.25) is 0 Å². The van der Waals surface area contributed by atoms with Crippen molar-refractivity contribution in [2.24, 2.45) is 11.3 Å². The first-order chi connectivity index (χ1) is 6.31. The van der Waals surface area contributed by atoms with Crippen LogP contribution in [0.4, 0.5) is 0 Å². The molecule has 1 nitrogen and oxygen atoms in total. The molecule has 2 fully saturated rings.